The normalized spacial score (nSPS) is 20.2. The van der Waals surface area contributed by atoms with Crippen LogP contribution in [0.15, 0.2) is 42.5 Å². The molecule has 1 atom stereocenters. The molecule has 3 heteroatoms. The molecule has 0 amide bonds. The Bertz CT molecular complexity index is 653. The highest BCUT2D eigenvalue weighted by atomic mass is 19.1. The molecule has 1 unspecified atom stereocenters. The van der Waals surface area contributed by atoms with Crippen LogP contribution in [0.4, 0.5) is 21.5 Å². The Morgan fingerprint density at radius 1 is 1.10 bits per heavy atom. The second-order valence-electron chi connectivity index (χ2n) is 5.57. The first kappa shape index (κ1) is 11.8. The van der Waals surface area contributed by atoms with Gasteiger partial charge in [-0.3, -0.25) is 0 Å². The molecular formula is C17H17FN2. The Morgan fingerprint density at radius 3 is 2.90 bits per heavy atom. The van der Waals surface area contributed by atoms with E-state index in [9.17, 15) is 4.39 Å². The van der Waals surface area contributed by atoms with Crippen LogP contribution in [0.5, 0.6) is 0 Å². The van der Waals surface area contributed by atoms with Crippen LogP contribution in [0, 0.1) is 5.82 Å². The molecular weight excluding hydrogens is 251 g/mol. The van der Waals surface area contributed by atoms with Gasteiger partial charge in [0.1, 0.15) is 5.82 Å². The number of nitrogens with zero attached hydrogens (tertiary/aromatic N) is 1. The molecule has 2 aliphatic heterocycles. The van der Waals surface area contributed by atoms with Gasteiger partial charge in [0.2, 0.25) is 0 Å². The van der Waals surface area contributed by atoms with Gasteiger partial charge in [-0.2, -0.15) is 0 Å². The molecule has 0 aromatic heterocycles. The zero-order valence-electron chi connectivity index (χ0n) is 11.3. The summed E-state index contributed by atoms with van der Waals surface area (Å²) in [6.45, 7) is 2.02. The van der Waals surface area contributed by atoms with Crippen molar-refractivity contribution in [2.24, 2.45) is 0 Å². The van der Waals surface area contributed by atoms with Gasteiger partial charge >= 0.3 is 0 Å². The molecule has 2 aromatic rings. The molecule has 0 spiro atoms. The standard InChI is InChI=1S/C17H17FN2/c18-13-3-1-4-14(11-13)20-10-8-12-7-9-19-15-5-2-6-16(20)17(12)15/h1-6,11-12,19H,7-10H2. The van der Waals surface area contributed by atoms with Crippen molar-refractivity contribution < 1.29 is 4.39 Å². The summed E-state index contributed by atoms with van der Waals surface area (Å²) in [6, 6.07) is 13.3. The van der Waals surface area contributed by atoms with Gasteiger partial charge in [-0.25, -0.2) is 4.39 Å². The molecule has 4 rings (SSSR count). The Kier molecular flexibility index (Phi) is 2.66. The Labute approximate surface area is 118 Å². The summed E-state index contributed by atoms with van der Waals surface area (Å²) in [5.74, 6) is 0.472. The molecule has 2 aromatic carbocycles. The van der Waals surface area contributed by atoms with Crippen molar-refractivity contribution in [1.29, 1.82) is 0 Å². The number of anilines is 3. The SMILES string of the molecule is Fc1cccc(N2CCC3CCNc4cccc2c43)c1. The Balaban J connectivity index is 1.84. The van der Waals surface area contributed by atoms with Crippen molar-refractivity contribution in [3.63, 3.8) is 0 Å². The van der Waals surface area contributed by atoms with E-state index >= 15 is 0 Å². The Morgan fingerprint density at radius 2 is 2.00 bits per heavy atom. The number of benzene rings is 2. The highest BCUT2D eigenvalue weighted by molar-refractivity contribution is 5.76. The van der Waals surface area contributed by atoms with Gasteiger partial charge in [-0.15, -0.1) is 0 Å². The van der Waals surface area contributed by atoms with Gasteiger partial charge in [-0.05, 0) is 49.1 Å². The maximum absolute atomic E-state index is 13.5. The first-order valence-electron chi connectivity index (χ1n) is 7.23. The van der Waals surface area contributed by atoms with Crippen molar-refractivity contribution in [2.75, 3.05) is 23.3 Å². The largest absolute Gasteiger partial charge is 0.385 e. The molecule has 0 bridgehead atoms. The third kappa shape index (κ3) is 1.77. The summed E-state index contributed by atoms with van der Waals surface area (Å²) in [6.07, 6.45) is 2.34. The highest BCUT2D eigenvalue weighted by Gasteiger charge is 2.30. The van der Waals surface area contributed by atoms with Crippen LogP contribution in [0.25, 0.3) is 0 Å². The van der Waals surface area contributed by atoms with E-state index in [-0.39, 0.29) is 5.82 Å². The fourth-order valence-electron chi connectivity index (χ4n) is 3.50. The fraction of sp³-hybridized carbons (Fsp3) is 0.294. The van der Waals surface area contributed by atoms with Crippen LogP contribution in [0.1, 0.15) is 24.3 Å². The summed E-state index contributed by atoms with van der Waals surface area (Å²) < 4.78 is 13.5. The average Bonchev–Trinajstić information content (AvgIpc) is 2.48. The van der Waals surface area contributed by atoms with Crippen LogP contribution in [0.2, 0.25) is 0 Å². The summed E-state index contributed by atoms with van der Waals surface area (Å²) in [5.41, 5.74) is 4.84. The van der Waals surface area contributed by atoms with Gasteiger partial charge in [0.15, 0.2) is 0 Å². The second kappa shape index (κ2) is 4.51. The van der Waals surface area contributed by atoms with Gasteiger partial charge in [0, 0.05) is 35.7 Å². The molecule has 0 saturated carbocycles. The number of rotatable bonds is 1. The first-order chi connectivity index (χ1) is 9.83. The third-order valence-corrected chi connectivity index (χ3v) is 4.41. The zero-order valence-corrected chi connectivity index (χ0v) is 11.3. The molecule has 0 aliphatic carbocycles. The first-order valence-corrected chi connectivity index (χ1v) is 7.23. The van der Waals surface area contributed by atoms with Crippen LogP contribution >= 0.6 is 0 Å². The molecule has 0 radical (unpaired) electrons. The highest BCUT2D eigenvalue weighted by Crippen LogP contribution is 2.46. The smallest absolute Gasteiger partial charge is 0.125 e. The second-order valence-corrected chi connectivity index (χ2v) is 5.57. The van der Waals surface area contributed by atoms with E-state index in [4.69, 9.17) is 0 Å². The van der Waals surface area contributed by atoms with E-state index in [1.54, 1.807) is 12.1 Å². The van der Waals surface area contributed by atoms with E-state index in [1.165, 1.54) is 29.4 Å². The number of halogens is 1. The molecule has 2 aliphatic rings. The topological polar surface area (TPSA) is 15.3 Å². The van der Waals surface area contributed by atoms with E-state index in [2.05, 4.69) is 28.4 Å². The van der Waals surface area contributed by atoms with Crippen molar-refractivity contribution in [1.82, 2.24) is 0 Å². The molecule has 0 saturated heterocycles. The number of hydrogen-bond acceptors (Lipinski definition) is 2. The van der Waals surface area contributed by atoms with Crippen molar-refractivity contribution in [3.05, 3.63) is 53.8 Å². The maximum atomic E-state index is 13.5. The van der Waals surface area contributed by atoms with E-state index < -0.39 is 0 Å². The van der Waals surface area contributed by atoms with Crippen molar-refractivity contribution >= 4 is 17.1 Å². The third-order valence-electron chi connectivity index (χ3n) is 4.41. The minimum Gasteiger partial charge on any atom is -0.385 e. The van der Waals surface area contributed by atoms with E-state index in [1.807, 2.05) is 6.07 Å². The summed E-state index contributed by atoms with van der Waals surface area (Å²) in [4.78, 5) is 2.24. The van der Waals surface area contributed by atoms with Crippen molar-refractivity contribution in [3.8, 4) is 0 Å². The minimum absolute atomic E-state index is 0.174. The van der Waals surface area contributed by atoms with Gasteiger partial charge in [-0.1, -0.05) is 12.1 Å². The van der Waals surface area contributed by atoms with Gasteiger partial charge in [0.25, 0.3) is 0 Å². The summed E-state index contributed by atoms with van der Waals surface area (Å²) in [7, 11) is 0. The molecule has 20 heavy (non-hydrogen) atoms. The minimum atomic E-state index is -0.174. The Hall–Kier alpha value is -2.03. The zero-order chi connectivity index (χ0) is 13.5. The van der Waals surface area contributed by atoms with E-state index in [0.717, 1.165) is 25.2 Å². The quantitative estimate of drug-likeness (QED) is 0.831. The van der Waals surface area contributed by atoms with Crippen molar-refractivity contribution in [2.45, 2.75) is 18.8 Å². The lowest BCUT2D eigenvalue weighted by Gasteiger charge is -2.39. The number of nitrogens with one attached hydrogen (secondary N) is 1. The van der Waals surface area contributed by atoms with Gasteiger partial charge < -0.3 is 10.2 Å². The lowest BCUT2D eigenvalue weighted by Crippen LogP contribution is -2.30. The predicted molar refractivity (Wildman–Crippen MR) is 80.3 cm³/mol. The van der Waals surface area contributed by atoms with Crippen LogP contribution in [-0.2, 0) is 0 Å². The van der Waals surface area contributed by atoms with Crippen LogP contribution < -0.4 is 10.2 Å². The number of hydrogen-bond donors (Lipinski definition) is 1. The molecule has 0 fully saturated rings. The summed E-state index contributed by atoms with van der Waals surface area (Å²) >= 11 is 0. The molecule has 1 N–H and O–H groups in total. The lowest BCUT2D eigenvalue weighted by molar-refractivity contribution is 0.560. The lowest BCUT2D eigenvalue weighted by atomic mass is 9.83. The monoisotopic (exact) mass is 268 g/mol. The van der Waals surface area contributed by atoms with Crippen LogP contribution in [-0.4, -0.2) is 13.1 Å². The van der Waals surface area contributed by atoms with Crippen LogP contribution in [0.3, 0.4) is 0 Å². The van der Waals surface area contributed by atoms with E-state index in [0.29, 0.717) is 5.92 Å². The predicted octanol–water partition coefficient (Wildman–Crippen LogP) is 4.27. The summed E-state index contributed by atoms with van der Waals surface area (Å²) in [5, 5.41) is 3.48. The maximum Gasteiger partial charge on any atom is 0.125 e. The molecule has 2 nitrogen and oxygen atoms in total. The molecule has 102 valence electrons. The average molecular weight is 268 g/mol. The van der Waals surface area contributed by atoms with Gasteiger partial charge in [0.05, 0.1) is 0 Å². The fourth-order valence-corrected chi connectivity index (χ4v) is 3.50. The molecule has 2 heterocycles.